The molecule has 0 aliphatic rings. The fourth-order valence-electron chi connectivity index (χ4n) is 2.25. The minimum Gasteiger partial charge on any atom is -0.508 e. The first-order valence-electron chi connectivity index (χ1n) is 6.56. The molecule has 106 valence electrons. The highest BCUT2D eigenvalue weighted by Crippen LogP contribution is 2.24. The van der Waals surface area contributed by atoms with Crippen LogP contribution in [0.15, 0.2) is 36.5 Å². The topological polar surface area (TPSA) is 82.3 Å². The summed E-state index contributed by atoms with van der Waals surface area (Å²) in [6.07, 6.45) is 1.60. The largest absolute Gasteiger partial charge is 0.508 e. The number of nitrogens with zero attached hydrogens (tertiary/aromatic N) is 1. The zero-order valence-electron chi connectivity index (χ0n) is 11.6. The van der Waals surface area contributed by atoms with Crippen molar-refractivity contribution in [1.82, 2.24) is 9.88 Å². The van der Waals surface area contributed by atoms with Gasteiger partial charge >= 0.3 is 0 Å². The molecule has 20 heavy (non-hydrogen) atoms. The van der Waals surface area contributed by atoms with Crippen LogP contribution >= 0.6 is 0 Å². The second kappa shape index (κ2) is 5.69. The lowest BCUT2D eigenvalue weighted by Crippen LogP contribution is -2.33. The van der Waals surface area contributed by atoms with Gasteiger partial charge < -0.3 is 20.7 Å². The van der Waals surface area contributed by atoms with Crippen molar-refractivity contribution in [2.75, 3.05) is 12.3 Å². The van der Waals surface area contributed by atoms with Crippen LogP contribution in [0, 0.1) is 0 Å². The van der Waals surface area contributed by atoms with E-state index in [1.807, 2.05) is 19.9 Å². The van der Waals surface area contributed by atoms with E-state index in [4.69, 9.17) is 5.73 Å². The van der Waals surface area contributed by atoms with E-state index in [0.29, 0.717) is 17.9 Å². The number of carbonyl (C=O) groups excluding carboxylic acids is 1. The van der Waals surface area contributed by atoms with Gasteiger partial charge in [-0.15, -0.1) is 0 Å². The molecule has 0 radical (unpaired) electrons. The third-order valence-corrected chi connectivity index (χ3v) is 3.36. The van der Waals surface area contributed by atoms with Gasteiger partial charge in [0, 0.05) is 18.4 Å². The molecule has 0 aliphatic carbocycles. The van der Waals surface area contributed by atoms with Gasteiger partial charge in [0.2, 0.25) is 0 Å². The van der Waals surface area contributed by atoms with E-state index in [1.165, 1.54) is 0 Å². The van der Waals surface area contributed by atoms with Crippen LogP contribution in [0.4, 0.5) is 5.69 Å². The van der Waals surface area contributed by atoms with Crippen LogP contribution in [0.5, 0.6) is 5.75 Å². The SMILES string of the molecule is CCN(C(=O)c1cc(N)c[nH]1)C(C)c1cccc(O)c1. The fourth-order valence-corrected chi connectivity index (χ4v) is 2.25. The van der Waals surface area contributed by atoms with E-state index in [2.05, 4.69) is 4.98 Å². The van der Waals surface area contributed by atoms with E-state index in [0.717, 1.165) is 5.56 Å². The zero-order chi connectivity index (χ0) is 14.7. The van der Waals surface area contributed by atoms with E-state index >= 15 is 0 Å². The average Bonchev–Trinajstić information content (AvgIpc) is 2.86. The number of amides is 1. The molecule has 0 fully saturated rings. The highest BCUT2D eigenvalue weighted by Gasteiger charge is 2.22. The van der Waals surface area contributed by atoms with Crippen LogP contribution in [-0.2, 0) is 0 Å². The molecule has 1 amide bonds. The Hall–Kier alpha value is -2.43. The fraction of sp³-hybridized carbons (Fsp3) is 0.267. The van der Waals surface area contributed by atoms with Crippen LogP contribution in [0.2, 0.25) is 0 Å². The maximum Gasteiger partial charge on any atom is 0.270 e. The predicted octanol–water partition coefficient (Wildman–Crippen LogP) is 2.53. The number of phenolic OH excluding ortho intramolecular Hbond substituents is 1. The Kier molecular flexibility index (Phi) is 3.98. The Morgan fingerprint density at radius 3 is 2.75 bits per heavy atom. The summed E-state index contributed by atoms with van der Waals surface area (Å²) >= 11 is 0. The third kappa shape index (κ3) is 2.77. The van der Waals surface area contributed by atoms with E-state index in [1.54, 1.807) is 35.4 Å². The molecule has 1 unspecified atom stereocenters. The predicted molar refractivity (Wildman–Crippen MR) is 78.4 cm³/mol. The molecule has 1 heterocycles. The molecule has 0 spiro atoms. The van der Waals surface area contributed by atoms with E-state index < -0.39 is 0 Å². The maximum absolute atomic E-state index is 12.5. The number of nitrogen functional groups attached to an aromatic ring is 1. The molecule has 0 aliphatic heterocycles. The average molecular weight is 273 g/mol. The Balaban J connectivity index is 2.25. The van der Waals surface area contributed by atoms with E-state index in [9.17, 15) is 9.90 Å². The van der Waals surface area contributed by atoms with Gasteiger partial charge in [-0.3, -0.25) is 4.79 Å². The first-order chi connectivity index (χ1) is 9.52. The third-order valence-electron chi connectivity index (χ3n) is 3.36. The Labute approximate surface area is 118 Å². The molecule has 1 aromatic heterocycles. The van der Waals surface area contributed by atoms with Gasteiger partial charge in [-0.05, 0) is 37.6 Å². The number of nitrogens with one attached hydrogen (secondary N) is 1. The number of anilines is 1. The van der Waals surface area contributed by atoms with Crippen molar-refractivity contribution >= 4 is 11.6 Å². The van der Waals surface area contributed by atoms with Gasteiger partial charge in [-0.1, -0.05) is 12.1 Å². The smallest absolute Gasteiger partial charge is 0.270 e. The lowest BCUT2D eigenvalue weighted by molar-refractivity contribution is 0.0696. The van der Waals surface area contributed by atoms with Crippen LogP contribution < -0.4 is 5.73 Å². The van der Waals surface area contributed by atoms with Crippen LogP contribution in [0.3, 0.4) is 0 Å². The summed E-state index contributed by atoms with van der Waals surface area (Å²) < 4.78 is 0. The van der Waals surface area contributed by atoms with Crippen molar-refractivity contribution in [3.8, 4) is 5.75 Å². The number of aromatic nitrogens is 1. The number of phenols is 1. The highest BCUT2D eigenvalue weighted by molar-refractivity contribution is 5.93. The number of aromatic hydroxyl groups is 1. The van der Waals surface area contributed by atoms with Gasteiger partial charge in [-0.25, -0.2) is 0 Å². The minimum absolute atomic E-state index is 0.111. The molecule has 4 N–H and O–H groups in total. The standard InChI is InChI=1S/C15H19N3O2/c1-3-18(15(20)14-8-12(16)9-17-14)10(2)11-5-4-6-13(19)7-11/h4-10,17,19H,3,16H2,1-2H3. The number of rotatable bonds is 4. The summed E-state index contributed by atoms with van der Waals surface area (Å²) in [5.41, 5.74) is 7.52. The van der Waals surface area contributed by atoms with Gasteiger partial charge in [-0.2, -0.15) is 0 Å². The number of aromatic amines is 1. The summed E-state index contributed by atoms with van der Waals surface area (Å²) in [6, 6.07) is 8.43. The van der Waals surface area contributed by atoms with E-state index in [-0.39, 0.29) is 17.7 Å². The van der Waals surface area contributed by atoms with Crippen molar-refractivity contribution in [2.24, 2.45) is 0 Å². The second-order valence-electron chi connectivity index (χ2n) is 4.71. The molecule has 5 heteroatoms. The van der Waals surface area contributed by atoms with Crippen molar-refractivity contribution < 1.29 is 9.90 Å². The van der Waals surface area contributed by atoms with Crippen LogP contribution in [0.25, 0.3) is 0 Å². The summed E-state index contributed by atoms with van der Waals surface area (Å²) in [7, 11) is 0. The number of nitrogens with two attached hydrogens (primary N) is 1. The van der Waals surface area contributed by atoms with Crippen molar-refractivity contribution in [1.29, 1.82) is 0 Å². The Morgan fingerprint density at radius 1 is 1.45 bits per heavy atom. The molecule has 2 rings (SSSR count). The molecular formula is C15H19N3O2. The monoisotopic (exact) mass is 273 g/mol. The number of carbonyl (C=O) groups is 1. The van der Waals surface area contributed by atoms with Crippen molar-refractivity contribution in [3.63, 3.8) is 0 Å². The second-order valence-corrected chi connectivity index (χ2v) is 4.71. The molecule has 0 saturated carbocycles. The molecule has 0 saturated heterocycles. The lowest BCUT2D eigenvalue weighted by atomic mass is 10.1. The van der Waals surface area contributed by atoms with Crippen LogP contribution in [0.1, 0.15) is 35.9 Å². The molecule has 5 nitrogen and oxygen atoms in total. The first-order valence-corrected chi connectivity index (χ1v) is 6.56. The molecule has 1 atom stereocenters. The Bertz CT molecular complexity index is 607. The van der Waals surface area contributed by atoms with Crippen molar-refractivity contribution in [2.45, 2.75) is 19.9 Å². The minimum atomic E-state index is -0.135. The van der Waals surface area contributed by atoms with Gasteiger partial charge in [0.1, 0.15) is 11.4 Å². The Morgan fingerprint density at radius 2 is 2.20 bits per heavy atom. The highest BCUT2D eigenvalue weighted by atomic mass is 16.3. The maximum atomic E-state index is 12.5. The zero-order valence-corrected chi connectivity index (χ0v) is 11.6. The number of hydrogen-bond acceptors (Lipinski definition) is 3. The molecule has 1 aromatic carbocycles. The van der Waals surface area contributed by atoms with Gasteiger partial charge in [0.05, 0.1) is 6.04 Å². The molecule has 0 bridgehead atoms. The number of hydrogen-bond donors (Lipinski definition) is 3. The summed E-state index contributed by atoms with van der Waals surface area (Å²) in [6.45, 7) is 4.42. The lowest BCUT2D eigenvalue weighted by Gasteiger charge is -2.28. The quantitative estimate of drug-likeness (QED) is 0.800. The molecule has 2 aromatic rings. The van der Waals surface area contributed by atoms with Gasteiger partial charge in [0.25, 0.3) is 5.91 Å². The summed E-state index contributed by atoms with van der Waals surface area (Å²) in [5.74, 6) is 0.0852. The number of benzene rings is 1. The first kappa shape index (κ1) is 14.0. The van der Waals surface area contributed by atoms with Gasteiger partial charge in [0.15, 0.2) is 0 Å². The summed E-state index contributed by atoms with van der Waals surface area (Å²) in [4.78, 5) is 17.1. The summed E-state index contributed by atoms with van der Waals surface area (Å²) in [5, 5.41) is 9.55. The van der Waals surface area contributed by atoms with Crippen molar-refractivity contribution in [3.05, 3.63) is 47.8 Å². The molecular weight excluding hydrogens is 254 g/mol. The number of H-pyrrole nitrogens is 1. The van der Waals surface area contributed by atoms with Crippen LogP contribution in [-0.4, -0.2) is 27.4 Å². The normalized spacial score (nSPS) is 12.1.